The smallest absolute Gasteiger partial charge is 0.0187 e. The van der Waals surface area contributed by atoms with Gasteiger partial charge in [-0.1, -0.05) is 52.5 Å². The van der Waals surface area contributed by atoms with E-state index in [-0.39, 0.29) is 0 Å². The number of nitrogens with one attached hydrogen (secondary N) is 1. The molecule has 0 heterocycles. The molecule has 0 aromatic rings. The summed E-state index contributed by atoms with van der Waals surface area (Å²) in [6, 6.07) is 0. The number of rotatable bonds is 1. The van der Waals surface area contributed by atoms with Crippen molar-refractivity contribution in [3.63, 3.8) is 0 Å². The Balaban J connectivity index is -0.0000000350. The van der Waals surface area contributed by atoms with Crippen LogP contribution in [-0.2, 0) is 0 Å². The van der Waals surface area contributed by atoms with Crippen molar-refractivity contribution in [1.29, 1.82) is 5.41 Å². The zero-order valence-corrected chi connectivity index (χ0v) is 8.70. The van der Waals surface area contributed by atoms with Crippen molar-refractivity contribution >= 4 is 6.72 Å². The fourth-order valence-electron chi connectivity index (χ4n) is 0. The second kappa shape index (κ2) is 61.3. The summed E-state index contributed by atoms with van der Waals surface area (Å²) in [6.45, 7) is 19.4. The highest BCUT2D eigenvalue weighted by Gasteiger charge is 1.59. The quantitative estimate of drug-likeness (QED) is 0.438. The molecule has 0 aliphatic heterocycles. The third-order valence-electron chi connectivity index (χ3n) is 0.348. The highest BCUT2D eigenvalue weighted by Crippen LogP contribution is 1.81. The zero-order chi connectivity index (χ0) is 10.3. The van der Waals surface area contributed by atoms with Gasteiger partial charge in [-0.05, 0) is 13.6 Å². The van der Waals surface area contributed by atoms with E-state index in [2.05, 4.69) is 19.9 Å². The molecule has 0 aliphatic rings. The van der Waals surface area contributed by atoms with Crippen LogP contribution in [0.2, 0.25) is 0 Å². The van der Waals surface area contributed by atoms with Crippen LogP contribution >= 0.6 is 0 Å². The van der Waals surface area contributed by atoms with Crippen molar-refractivity contribution in [3.8, 4) is 0 Å². The number of hydrogen-bond donors (Lipinski definition) is 1. The first-order valence-corrected chi connectivity index (χ1v) is 3.90. The lowest BCUT2D eigenvalue weighted by Gasteiger charge is -1.71. The van der Waals surface area contributed by atoms with E-state index in [0.29, 0.717) is 0 Å². The average molecular weight is 157 g/mol. The Morgan fingerprint density at radius 1 is 1.09 bits per heavy atom. The SMILES string of the molecule is C=CC(=C)C.C=N.CC.CC. The molecule has 68 valence electrons. The van der Waals surface area contributed by atoms with Crippen molar-refractivity contribution in [2.24, 2.45) is 0 Å². The van der Waals surface area contributed by atoms with Crippen LogP contribution in [0.4, 0.5) is 0 Å². The summed E-state index contributed by atoms with van der Waals surface area (Å²) in [5.74, 6) is 0. The molecular weight excluding hydrogens is 134 g/mol. The molecule has 0 saturated heterocycles. The summed E-state index contributed by atoms with van der Waals surface area (Å²) in [7, 11) is 0. The van der Waals surface area contributed by atoms with Crippen LogP contribution in [0.3, 0.4) is 0 Å². The van der Waals surface area contributed by atoms with Gasteiger partial charge in [0, 0.05) is 0 Å². The van der Waals surface area contributed by atoms with E-state index < -0.39 is 0 Å². The van der Waals surface area contributed by atoms with Crippen molar-refractivity contribution in [1.82, 2.24) is 0 Å². The second-order valence-electron chi connectivity index (χ2n) is 1.05. The molecule has 11 heavy (non-hydrogen) atoms. The van der Waals surface area contributed by atoms with E-state index in [4.69, 9.17) is 5.41 Å². The minimum Gasteiger partial charge on any atom is -0.317 e. The molecule has 0 aromatic heterocycles. The second-order valence-corrected chi connectivity index (χ2v) is 1.05. The number of allylic oxidation sites excluding steroid dienone is 2. The molecule has 0 aliphatic carbocycles. The van der Waals surface area contributed by atoms with Crippen molar-refractivity contribution in [3.05, 3.63) is 24.8 Å². The summed E-state index contributed by atoms with van der Waals surface area (Å²) in [5.41, 5.74) is 1.02. The molecule has 0 aromatic carbocycles. The van der Waals surface area contributed by atoms with Gasteiger partial charge in [-0.2, -0.15) is 0 Å². The normalized spacial score (nSPS) is 4.45. The van der Waals surface area contributed by atoms with Gasteiger partial charge in [0.1, 0.15) is 0 Å². The molecule has 0 bridgehead atoms. The van der Waals surface area contributed by atoms with E-state index >= 15 is 0 Å². The van der Waals surface area contributed by atoms with E-state index in [1.54, 1.807) is 6.08 Å². The molecule has 0 spiro atoms. The van der Waals surface area contributed by atoms with Crippen LogP contribution in [0.25, 0.3) is 0 Å². The standard InChI is InChI=1S/C5H8.2C2H6.CH3N/c1-4-5(2)3;3*1-2/h4H,1-2H2,3H3;2*1-2H3;2H,1H2. The Labute approximate surface area is 72.3 Å². The minimum absolute atomic E-state index is 1.02. The fraction of sp³-hybridized carbons (Fsp3) is 0.500. The summed E-state index contributed by atoms with van der Waals surface area (Å²) in [5, 5.41) is 5.50. The first-order chi connectivity index (χ1) is 5.27. The topological polar surface area (TPSA) is 23.9 Å². The lowest BCUT2D eigenvalue weighted by molar-refractivity contribution is 1.50. The van der Waals surface area contributed by atoms with Crippen molar-refractivity contribution in [2.45, 2.75) is 34.6 Å². The van der Waals surface area contributed by atoms with Gasteiger partial charge < -0.3 is 5.41 Å². The van der Waals surface area contributed by atoms with Gasteiger partial charge in [0.05, 0.1) is 0 Å². The third kappa shape index (κ3) is 354. The summed E-state index contributed by atoms with van der Waals surface area (Å²) in [6.07, 6.45) is 1.72. The van der Waals surface area contributed by atoms with E-state index in [1.165, 1.54) is 0 Å². The maximum atomic E-state index is 5.50. The Kier molecular flexibility index (Phi) is 125. The molecule has 0 radical (unpaired) electrons. The molecule has 0 rings (SSSR count). The van der Waals surface area contributed by atoms with E-state index in [0.717, 1.165) is 5.57 Å². The lowest BCUT2D eigenvalue weighted by Crippen LogP contribution is -1.50. The third-order valence-corrected chi connectivity index (χ3v) is 0.348. The molecule has 0 unspecified atom stereocenters. The maximum absolute atomic E-state index is 5.50. The highest BCUT2D eigenvalue weighted by molar-refractivity contribution is 5.15. The summed E-state index contributed by atoms with van der Waals surface area (Å²) in [4.78, 5) is 0. The Bertz CT molecular complexity index is 65.3. The first kappa shape index (κ1) is 22.5. The van der Waals surface area contributed by atoms with Gasteiger partial charge >= 0.3 is 0 Å². The molecule has 0 fully saturated rings. The molecule has 0 saturated carbocycles. The first-order valence-electron chi connectivity index (χ1n) is 3.90. The van der Waals surface area contributed by atoms with Crippen LogP contribution in [0, 0.1) is 5.41 Å². The van der Waals surface area contributed by atoms with Gasteiger partial charge in [-0.3, -0.25) is 0 Å². The zero-order valence-electron chi connectivity index (χ0n) is 8.70. The Hall–Kier alpha value is -0.850. The Morgan fingerprint density at radius 3 is 1.18 bits per heavy atom. The molecule has 1 heteroatoms. The largest absolute Gasteiger partial charge is 0.317 e. The molecule has 1 N–H and O–H groups in total. The van der Waals surface area contributed by atoms with Crippen molar-refractivity contribution < 1.29 is 0 Å². The average Bonchev–Trinajstić information content (AvgIpc) is 2.15. The molecule has 0 atom stereocenters. The molecular formula is C10H23N. The monoisotopic (exact) mass is 157 g/mol. The van der Waals surface area contributed by atoms with Crippen LogP contribution < -0.4 is 0 Å². The minimum atomic E-state index is 1.02. The van der Waals surface area contributed by atoms with Crippen LogP contribution in [0.5, 0.6) is 0 Å². The maximum Gasteiger partial charge on any atom is -0.0187 e. The summed E-state index contributed by atoms with van der Waals surface area (Å²) >= 11 is 0. The van der Waals surface area contributed by atoms with Gasteiger partial charge in [-0.25, -0.2) is 0 Å². The van der Waals surface area contributed by atoms with E-state index in [1.807, 2.05) is 34.6 Å². The van der Waals surface area contributed by atoms with Crippen LogP contribution in [0.1, 0.15) is 34.6 Å². The van der Waals surface area contributed by atoms with E-state index in [9.17, 15) is 0 Å². The number of hydrogen-bond acceptors (Lipinski definition) is 1. The lowest BCUT2D eigenvalue weighted by atomic mass is 10.4. The van der Waals surface area contributed by atoms with Crippen LogP contribution in [0.15, 0.2) is 24.8 Å². The van der Waals surface area contributed by atoms with Gasteiger partial charge in [0.15, 0.2) is 0 Å². The molecule has 0 amide bonds. The van der Waals surface area contributed by atoms with Gasteiger partial charge in [0.25, 0.3) is 0 Å². The van der Waals surface area contributed by atoms with Crippen LogP contribution in [-0.4, -0.2) is 6.72 Å². The summed E-state index contributed by atoms with van der Waals surface area (Å²) < 4.78 is 0. The highest BCUT2D eigenvalue weighted by atomic mass is 14.2. The molecule has 1 nitrogen and oxygen atoms in total. The van der Waals surface area contributed by atoms with Gasteiger partial charge in [0.2, 0.25) is 0 Å². The Morgan fingerprint density at radius 2 is 1.18 bits per heavy atom. The fourth-order valence-corrected chi connectivity index (χ4v) is 0. The predicted octanol–water partition coefficient (Wildman–Crippen LogP) is 4.07. The van der Waals surface area contributed by atoms with Crippen molar-refractivity contribution in [2.75, 3.05) is 0 Å². The predicted molar refractivity (Wildman–Crippen MR) is 57.5 cm³/mol. The van der Waals surface area contributed by atoms with Gasteiger partial charge in [-0.15, -0.1) is 0 Å².